The summed E-state index contributed by atoms with van der Waals surface area (Å²) in [6, 6.07) is 0. The lowest BCUT2D eigenvalue weighted by molar-refractivity contribution is 0.208. The minimum Gasteiger partial charge on any atom is -0.305 e. The van der Waals surface area contributed by atoms with Crippen molar-refractivity contribution in [1.29, 1.82) is 0 Å². The van der Waals surface area contributed by atoms with Gasteiger partial charge in [-0.3, -0.25) is 10.2 Å². The van der Waals surface area contributed by atoms with Crippen LogP contribution in [-0.2, 0) is 0 Å². The molecular weight excluding hydrogens is 138 g/mol. The van der Waals surface area contributed by atoms with Gasteiger partial charge in [0.15, 0.2) is 0 Å². The third kappa shape index (κ3) is 4.35. The van der Waals surface area contributed by atoms with Gasteiger partial charge in [-0.05, 0) is 34.5 Å². The Morgan fingerprint density at radius 3 is 2.27 bits per heavy atom. The molecule has 2 unspecified atom stereocenters. The quantitative estimate of drug-likeness (QED) is 0.570. The number of hydrogen-bond acceptors (Lipinski definition) is 3. The summed E-state index contributed by atoms with van der Waals surface area (Å²) in [6.45, 7) is 7.50. The van der Waals surface area contributed by atoms with Crippen molar-refractivity contribution in [2.24, 2.45) is 0 Å². The topological polar surface area (TPSA) is 27.3 Å². The van der Waals surface area contributed by atoms with Crippen molar-refractivity contribution >= 4 is 0 Å². The molecule has 0 aliphatic heterocycles. The Balaban J connectivity index is 3.58. The van der Waals surface area contributed by atoms with Crippen LogP contribution in [-0.4, -0.2) is 37.9 Å². The van der Waals surface area contributed by atoms with Gasteiger partial charge in [-0.2, -0.15) is 0 Å². The highest BCUT2D eigenvalue weighted by atomic mass is 15.3. The van der Waals surface area contributed by atoms with Crippen molar-refractivity contribution < 1.29 is 0 Å². The molecule has 0 amide bonds. The predicted octanol–water partition coefficient (Wildman–Crippen LogP) is 0.439. The second-order valence-electron chi connectivity index (χ2n) is 2.93. The first-order valence-corrected chi connectivity index (χ1v) is 4.25. The summed E-state index contributed by atoms with van der Waals surface area (Å²) in [5, 5.41) is 6.53. The second-order valence-corrected chi connectivity index (χ2v) is 2.93. The Morgan fingerprint density at radius 1 is 1.36 bits per heavy atom. The lowest BCUT2D eigenvalue weighted by atomic mass is 10.4. The fourth-order valence-corrected chi connectivity index (χ4v) is 0.846. The molecule has 3 heteroatoms. The molecule has 0 aromatic heterocycles. The molecule has 0 saturated carbocycles. The second kappa shape index (κ2) is 5.52. The number of nitrogens with zero attached hydrogens (tertiary/aromatic N) is 1. The maximum Gasteiger partial charge on any atom is 0.0577 e. The number of hydrogen-bond donors (Lipinski definition) is 2. The Morgan fingerprint density at radius 2 is 1.91 bits per heavy atom. The standard InChI is InChI=1S/C8H21N3/c1-6-11(5)8(3)10-7(2)9-4/h7-10H,6H2,1-5H3. The molecule has 2 atom stereocenters. The van der Waals surface area contributed by atoms with Gasteiger partial charge in [0.05, 0.1) is 12.3 Å². The highest BCUT2D eigenvalue weighted by molar-refractivity contribution is 4.62. The molecular formula is C8H21N3. The van der Waals surface area contributed by atoms with Crippen LogP contribution in [0.3, 0.4) is 0 Å². The van der Waals surface area contributed by atoms with Crippen molar-refractivity contribution in [2.45, 2.75) is 33.1 Å². The summed E-state index contributed by atoms with van der Waals surface area (Å²) in [6.07, 6.45) is 0.807. The largest absolute Gasteiger partial charge is 0.305 e. The van der Waals surface area contributed by atoms with E-state index in [0.29, 0.717) is 12.3 Å². The van der Waals surface area contributed by atoms with E-state index in [4.69, 9.17) is 0 Å². The molecule has 11 heavy (non-hydrogen) atoms. The molecule has 0 radical (unpaired) electrons. The molecule has 3 nitrogen and oxygen atoms in total. The SMILES string of the molecule is CCN(C)C(C)NC(C)NC. The summed E-state index contributed by atoms with van der Waals surface area (Å²) in [5.41, 5.74) is 0. The Kier molecular flexibility index (Phi) is 5.46. The number of rotatable bonds is 5. The van der Waals surface area contributed by atoms with E-state index in [2.05, 4.69) is 43.4 Å². The summed E-state index contributed by atoms with van der Waals surface area (Å²) < 4.78 is 0. The molecule has 0 rings (SSSR count). The van der Waals surface area contributed by atoms with Crippen molar-refractivity contribution in [3.8, 4) is 0 Å². The van der Waals surface area contributed by atoms with Crippen LogP contribution in [0.5, 0.6) is 0 Å². The molecule has 0 spiro atoms. The molecule has 0 aliphatic carbocycles. The first kappa shape index (κ1) is 10.9. The summed E-state index contributed by atoms with van der Waals surface area (Å²) in [5.74, 6) is 0. The highest BCUT2D eigenvalue weighted by Crippen LogP contribution is 1.90. The summed E-state index contributed by atoms with van der Waals surface area (Å²) >= 11 is 0. The normalized spacial score (nSPS) is 16.9. The van der Waals surface area contributed by atoms with Gasteiger partial charge in [-0.1, -0.05) is 6.92 Å². The van der Waals surface area contributed by atoms with Gasteiger partial charge in [0.2, 0.25) is 0 Å². The fraction of sp³-hybridized carbons (Fsp3) is 1.00. The molecule has 2 N–H and O–H groups in total. The molecule has 68 valence electrons. The lowest BCUT2D eigenvalue weighted by Gasteiger charge is -2.27. The van der Waals surface area contributed by atoms with Crippen LogP contribution in [0.2, 0.25) is 0 Å². The first-order chi connectivity index (χ1) is 5.11. The maximum absolute atomic E-state index is 3.40. The van der Waals surface area contributed by atoms with Crippen LogP contribution in [0.1, 0.15) is 20.8 Å². The van der Waals surface area contributed by atoms with E-state index in [1.165, 1.54) is 0 Å². The first-order valence-electron chi connectivity index (χ1n) is 4.25. The van der Waals surface area contributed by atoms with Crippen LogP contribution in [0, 0.1) is 0 Å². The zero-order valence-electron chi connectivity index (χ0n) is 8.31. The van der Waals surface area contributed by atoms with Crippen molar-refractivity contribution in [1.82, 2.24) is 15.5 Å². The minimum atomic E-state index is 0.374. The van der Waals surface area contributed by atoms with Crippen LogP contribution in [0.25, 0.3) is 0 Å². The smallest absolute Gasteiger partial charge is 0.0577 e. The third-order valence-electron chi connectivity index (χ3n) is 2.08. The highest BCUT2D eigenvalue weighted by Gasteiger charge is 2.07. The Bertz CT molecular complexity index is 95.3. The molecule has 0 aliphatic rings. The van der Waals surface area contributed by atoms with Gasteiger partial charge >= 0.3 is 0 Å². The maximum atomic E-state index is 3.40. The van der Waals surface area contributed by atoms with Gasteiger partial charge in [0.25, 0.3) is 0 Å². The summed E-state index contributed by atoms with van der Waals surface area (Å²) in [4.78, 5) is 2.26. The van der Waals surface area contributed by atoms with E-state index in [-0.39, 0.29) is 0 Å². The molecule has 0 aromatic carbocycles. The van der Waals surface area contributed by atoms with E-state index in [0.717, 1.165) is 6.54 Å². The fourth-order valence-electron chi connectivity index (χ4n) is 0.846. The zero-order valence-corrected chi connectivity index (χ0v) is 8.31. The van der Waals surface area contributed by atoms with E-state index >= 15 is 0 Å². The monoisotopic (exact) mass is 159 g/mol. The van der Waals surface area contributed by atoms with Crippen molar-refractivity contribution in [2.75, 3.05) is 20.6 Å². The molecule has 0 fully saturated rings. The van der Waals surface area contributed by atoms with Gasteiger partial charge in [-0.15, -0.1) is 0 Å². The molecule has 0 bridgehead atoms. The van der Waals surface area contributed by atoms with Crippen LogP contribution >= 0.6 is 0 Å². The van der Waals surface area contributed by atoms with Gasteiger partial charge < -0.3 is 5.32 Å². The third-order valence-corrected chi connectivity index (χ3v) is 2.08. The Hall–Kier alpha value is -0.120. The molecule has 0 aromatic rings. The van der Waals surface area contributed by atoms with Crippen molar-refractivity contribution in [3.05, 3.63) is 0 Å². The van der Waals surface area contributed by atoms with Gasteiger partial charge in [0, 0.05) is 0 Å². The Labute approximate surface area is 70.2 Å². The lowest BCUT2D eigenvalue weighted by Crippen LogP contribution is -2.49. The van der Waals surface area contributed by atoms with Crippen LogP contribution in [0.4, 0.5) is 0 Å². The minimum absolute atomic E-state index is 0.374. The van der Waals surface area contributed by atoms with Gasteiger partial charge in [0.1, 0.15) is 0 Å². The van der Waals surface area contributed by atoms with Gasteiger partial charge in [-0.25, -0.2) is 0 Å². The van der Waals surface area contributed by atoms with E-state index in [9.17, 15) is 0 Å². The van der Waals surface area contributed by atoms with E-state index < -0.39 is 0 Å². The predicted molar refractivity (Wildman–Crippen MR) is 49.4 cm³/mol. The van der Waals surface area contributed by atoms with E-state index in [1.54, 1.807) is 0 Å². The summed E-state index contributed by atoms with van der Waals surface area (Å²) in [7, 11) is 4.07. The van der Waals surface area contributed by atoms with E-state index in [1.807, 2.05) is 7.05 Å². The van der Waals surface area contributed by atoms with Crippen LogP contribution < -0.4 is 10.6 Å². The van der Waals surface area contributed by atoms with Crippen LogP contribution in [0.15, 0.2) is 0 Å². The average molecular weight is 159 g/mol. The zero-order chi connectivity index (χ0) is 8.85. The number of nitrogens with one attached hydrogen (secondary N) is 2. The van der Waals surface area contributed by atoms with Crippen molar-refractivity contribution in [3.63, 3.8) is 0 Å². The molecule has 0 saturated heterocycles. The average Bonchev–Trinajstić information content (AvgIpc) is 2.02. The molecule has 0 heterocycles.